The van der Waals surface area contributed by atoms with Gasteiger partial charge in [0.15, 0.2) is 0 Å². The zero-order valence-electron chi connectivity index (χ0n) is 10.4. The molecule has 17 heavy (non-hydrogen) atoms. The van der Waals surface area contributed by atoms with Gasteiger partial charge in [0.2, 0.25) is 0 Å². The zero-order valence-corrected chi connectivity index (χ0v) is 11.3. The highest BCUT2D eigenvalue weighted by molar-refractivity contribution is 5.85. The maximum absolute atomic E-state index is 5.56. The molecule has 1 unspecified atom stereocenters. The van der Waals surface area contributed by atoms with Crippen LogP contribution >= 0.6 is 12.4 Å². The second-order valence-electron chi connectivity index (χ2n) is 4.44. The van der Waals surface area contributed by atoms with Gasteiger partial charge < -0.3 is 10.1 Å². The smallest absolute Gasteiger partial charge is 0.0700 e. The first kappa shape index (κ1) is 14.5. The molecular weight excluding hydrogens is 234 g/mol. The number of halogens is 1. The standard InChI is InChI=1S/C14H21NO.ClH/c1-2-12-5-7-13(8-6-12)10-15-11-14-4-3-9-16-14;/h5-8,14-15H,2-4,9-11H2,1H3;1H. The Balaban J connectivity index is 0.00000144. The Kier molecular flexibility index (Phi) is 6.56. The molecule has 1 fully saturated rings. The van der Waals surface area contributed by atoms with Crippen molar-refractivity contribution in [2.24, 2.45) is 0 Å². The van der Waals surface area contributed by atoms with Gasteiger partial charge in [0.1, 0.15) is 0 Å². The number of hydrogen-bond acceptors (Lipinski definition) is 2. The highest BCUT2D eigenvalue weighted by Crippen LogP contribution is 2.11. The molecule has 0 saturated carbocycles. The van der Waals surface area contributed by atoms with Gasteiger partial charge in [-0.15, -0.1) is 12.4 Å². The minimum absolute atomic E-state index is 0. The first-order valence-corrected chi connectivity index (χ1v) is 6.28. The van der Waals surface area contributed by atoms with Crippen molar-refractivity contribution in [3.63, 3.8) is 0 Å². The number of aryl methyl sites for hydroxylation is 1. The first-order valence-electron chi connectivity index (χ1n) is 6.28. The van der Waals surface area contributed by atoms with Crippen LogP contribution in [0.2, 0.25) is 0 Å². The predicted molar refractivity (Wildman–Crippen MR) is 73.7 cm³/mol. The van der Waals surface area contributed by atoms with Gasteiger partial charge in [-0.25, -0.2) is 0 Å². The van der Waals surface area contributed by atoms with Crippen LogP contribution in [-0.4, -0.2) is 19.3 Å². The van der Waals surface area contributed by atoms with Crippen LogP contribution in [0.1, 0.15) is 30.9 Å². The fourth-order valence-corrected chi connectivity index (χ4v) is 2.08. The van der Waals surface area contributed by atoms with Crippen molar-refractivity contribution in [3.8, 4) is 0 Å². The summed E-state index contributed by atoms with van der Waals surface area (Å²) in [7, 11) is 0. The van der Waals surface area contributed by atoms with Crippen LogP contribution < -0.4 is 5.32 Å². The van der Waals surface area contributed by atoms with Crippen LogP contribution in [0.25, 0.3) is 0 Å². The van der Waals surface area contributed by atoms with Crippen molar-refractivity contribution in [2.75, 3.05) is 13.2 Å². The molecule has 0 bridgehead atoms. The van der Waals surface area contributed by atoms with Gasteiger partial charge in [-0.2, -0.15) is 0 Å². The molecule has 2 nitrogen and oxygen atoms in total. The van der Waals surface area contributed by atoms with Crippen LogP contribution in [0.4, 0.5) is 0 Å². The Morgan fingerprint density at radius 1 is 1.24 bits per heavy atom. The molecule has 0 aliphatic carbocycles. The Morgan fingerprint density at radius 3 is 2.53 bits per heavy atom. The average Bonchev–Trinajstić information content (AvgIpc) is 2.83. The topological polar surface area (TPSA) is 21.3 Å². The third-order valence-electron chi connectivity index (χ3n) is 3.16. The quantitative estimate of drug-likeness (QED) is 0.874. The lowest BCUT2D eigenvalue weighted by atomic mass is 10.1. The van der Waals surface area contributed by atoms with E-state index in [0.29, 0.717) is 6.10 Å². The van der Waals surface area contributed by atoms with Crippen LogP contribution in [0.5, 0.6) is 0 Å². The molecule has 0 aromatic heterocycles. The summed E-state index contributed by atoms with van der Waals surface area (Å²) in [6, 6.07) is 8.84. The van der Waals surface area contributed by atoms with E-state index >= 15 is 0 Å². The molecule has 1 aliphatic heterocycles. The molecule has 0 radical (unpaired) electrons. The van der Waals surface area contributed by atoms with E-state index in [-0.39, 0.29) is 12.4 Å². The number of nitrogens with one attached hydrogen (secondary N) is 1. The fraction of sp³-hybridized carbons (Fsp3) is 0.571. The molecule has 1 saturated heterocycles. The SMILES string of the molecule is CCc1ccc(CNCC2CCCO2)cc1.Cl. The van der Waals surface area contributed by atoms with Gasteiger partial charge in [-0.1, -0.05) is 31.2 Å². The van der Waals surface area contributed by atoms with Gasteiger partial charge in [0.05, 0.1) is 6.10 Å². The van der Waals surface area contributed by atoms with Crippen LogP contribution in [0, 0.1) is 0 Å². The van der Waals surface area contributed by atoms with E-state index in [9.17, 15) is 0 Å². The molecule has 1 N–H and O–H groups in total. The van der Waals surface area contributed by atoms with Crippen LogP contribution in [0.15, 0.2) is 24.3 Å². The molecule has 0 amide bonds. The van der Waals surface area contributed by atoms with Crippen molar-refractivity contribution in [1.82, 2.24) is 5.32 Å². The summed E-state index contributed by atoms with van der Waals surface area (Å²) in [6.07, 6.45) is 3.98. The van der Waals surface area contributed by atoms with E-state index in [2.05, 4.69) is 36.5 Å². The summed E-state index contributed by atoms with van der Waals surface area (Å²) in [4.78, 5) is 0. The molecule has 1 heterocycles. The second-order valence-corrected chi connectivity index (χ2v) is 4.44. The van der Waals surface area contributed by atoms with Gasteiger partial charge in [-0.3, -0.25) is 0 Å². The summed E-state index contributed by atoms with van der Waals surface area (Å²) in [5, 5.41) is 3.46. The van der Waals surface area contributed by atoms with E-state index in [1.807, 2.05) is 0 Å². The van der Waals surface area contributed by atoms with Crippen molar-refractivity contribution >= 4 is 12.4 Å². The normalized spacial score (nSPS) is 19.0. The molecule has 1 aromatic rings. The Bertz CT molecular complexity index is 307. The van der Waals surface area contributed by atoms with Crippen molar-refractivity contribution in [3.05, 3.63) is 35.4 Å². The lowest BCUT2D eigenvalue weighted by Gasteiger charge is -2.10. The number of ether oxygens (including phenoxy) is 1. The average molecular weight is 256 g/mol. The summed E-state index contributed by atoms with van der Waals surface area (Å²) >= 11 is 0. The number of benzene rings is 1. The van der Waals surface area contributed by atoms with Crippen molar-refractivity contribution in [2.45, 2.75) is 38.8 Å². The zero-order chi connectivity index (χ0) is 11.2. The summed E-state index contributed by atoms with van der Waals surface area (Å²) < 4.78 is 5.56. The molecule has 2 rings (SSSR count). The van der Waals surface area contributed by atoms with Crippen LogP contribution in [0.3, 0.4) is 0 Å². The largest absolute Gasteiger partial charge is 0.377 e. The van der Waals surface area contributed by atoms with Crippen molar-refractivity contribution < 1.29 is 4.74 Å². The van der Waals surface area contributed by atoms with Gasteiger partial charge in [0, 0.05) is 19.7 Å². The molecule has 96 valence electrons. The Morgan fingerprint density at radius 2 is 1.94 bits per heavy atom. The monoisotopic (exact) mass is 255 g/mol. The lowest BCUT2D eigenvalue weighted by molar-refractivity contribution is 0.110. The third kappa shape index (κ3) is 4.66. The van der Waals surface area contributed by atoms with Gasteiger partial charge >= 0.3 is 0 Å². The summed E-state index contributed by atoms with van der Waals surface area (Å²) in [6.45, 7) is 5.06. The molecular formula is C14H22ClNO. The van der Waals surface area contributed by atoms with E-state index in [0.717, 1.165) is 26.1 Å². The molecule has 0 spiro atoms. The highest BCUT2D eigenvalue weighted by Gasteiger charge is 2.14. The Labute approximate surface area is 110 Å². The number of rotatable bonds is 5. The second kappa shape index (κ2) is 7.70. The van der Waals surface area contributed by atoms with Gasteiger partial charge in [-0.05, 0) is 30.4 Å². The van der Waals surface area contributed by atoms with Crippen LogP contribution in [-0.2, 0) is 17.7 Å². The first-order chi connectivity index (χ1) is 7.88. The van der Waals surface area contributed by atoms with E-state index < -0.39 is 0 Å². The predicted octanol–water partition coefficient (Wildman–Crippen LogP) is 2.94. The van der Waals surface area contributed by atoms with E-state index in [1.165, 1.54) is 24.0 Å². The summed E-state index contributed by atoms with van der Waals surface area (Å²) in [5.41, 5.74) is 2.76. The summed E-state index contributed by atoms with van der Waals surface area (Å²) in [5.74, 6) is 0. The third-order valence-corrected chi connectivity index (χ3v) is 3.16. The molecule has 3 heteroatoms. The highest BCUT2D eigenvalue weighted by atomic mass is 35.5. The maximum atomic E-state index is 5.56. The molecule has 1 atom stereocenters. The van der Waals surface area contributed by atoms with Gasteiger partial charge in [0.25, 0.3) is 0 Å². The Hall–Kier alpha value is -0.570. The maximum Gasteiger partial charge on any atom is 0.0700 e. The van der Waals surface area contributed by atoms with Crippen molar-refractivity contribution in [1.29, 1.82) is 0 Å². The van der Waals surface area contributed by atoms with E-state index in [1.54, 1.807) is 0 Å². The molecule has 1 aromatic carbocycles. The van der Waals surface area contributed by atoms with E-state index in [4.69, 9.17) is 4.74 Å². The number of hydrogen-bond donors (Lipinski definition) is 1. The minimum atomic E-state index is 0. The lowest BCUT2D eigenvalue weighted by Crippen LogP contribution is -2.25. The fourth-order valence-electron chi connectivity index (χ4n) is 2.08. The minimum Gasteiger partial charge on any atom is -0.377 e. The molecule has 1 aliphatic rings.